The molecule has 1 saturated heterocycles. The molecule has 0 N–H and O–H groups in total. The van der Waals surface area contributed by atoms with Crippen molar-refractivity contribution >= 4 is 23.8 Å². The number of rotatable bonds is 3. The van der Waals surface area contributed by atoms with Gasteiger partial charge in [0.15, 0.2) is 0 Å². The molecule has 132 valence electrons. The lowest BCUT2D eigenvalue weighted by atomic mass is 10.2. The lowest BCUT2D eigenvalue weighted by Crippen LogP contribution is -2.43. The van der Waals surface area contributed by atoms with Crippen molar-refractivity contribution in [3.05, 3.63) is 30.1 Å². The highest BCUT2D eigenvalue weighted by Crippen LogP contribution is 2.34. The predicted octanol–water partition coefficient (Wildman–Crippen LogP) is 3.47. The van der Waals surface area contributed by atoms with E-state index in [0.717, 1.165) is 4.90 Å². The first kappa shape index (κ1) is 18.6. The molecular formula is C17H22FNO4S. The molecule has 1 aliphatic rings. The molecule has 1 aromatic rings. The van der Waals surface area contributed by atoms with Gasteiger partial charge in [0, 0.05) is 16.7 Å². The van der Waals surface area contributed by atoms with Crippen molar-refractivity contribution in [2.75, 3.05) is 13.7 Å². The number of esters is 1. The van der Waals surface area contributed by atoms with E-state index in [1.807, 2.05) is 0 Å². The van der Waals surface area contributed by atoms with E-state index in [-0.39, 0.29) is 11.1 Å². The number of likely N-dealkylation sites (tertiary alicyclic amines) is 1. The maximum Gasteiger partial charge on any atom is 0.411 e. The number of thioether (sulfide) groups is 1. The number of carbonyl (C=O) groups is 2. The monoisotopic (exact) mass is 355 g/mol. The van der Waals surface area contributed by atoms with Gasteiger partial charge in [-0.1, -0.05) is 0 Å². The van der Waals surface area contributed by atoms with Gasteiger partial charge in [0.1, 0.15) is 17.5 Å². The van der Waals surface area contributed by atoms with E-state index in [9.17, 15) is 14.0 Å². The van der Waals surface area contributed by atoms with Crippen molar-refractivity contribution < 1.29 is 23.5 Å². The fraction of sp³-hybridized carbons (Fsp3) is 0.529. The fourth-order valence-electron chi connectivity index (χ4n) is 2.47. The third kappa shape index (κ3) is 4.87. The Kier molecular flexibility index (Phi) is 5.74. The van der Waals surface area contributed by atoms with Crippen LogP contribution in [0.25, 0.3) is 0 Å². The number of methoxy groups -OCH3 is 1. The number of hydrogen-bond acceptors (Lipinski definition) is 5. The van der Waals surface area contributed by atoms with Gasteiger partial charge >= 0.3 is 12.1 Å². The molecule has 1 aliphatic heterocycles. The topological polar surface area (TPSA) is 55.8 Å². The summed E-state index contributed by atoms with van der Waals surface area (Å²) in [6, 6.07) is 5.48. The number of halogens is 1. The maximum absolute atomic E-state index is 13.0. The first-order chi connectivity index (χ1) is 11.2. The third-order valence-corrected chi connectivity index (χ3v) is 4.70. The molecule has 5 nitrogen and oxygen atoms in total. The van der Waals surface area contributed by atoms with Crippen LogP contribution in [0.5, 0.6) is 0 Å². The Morgan fingerprint density at radius 3 is 2.42 bits per heavy atom. The second-order valence-corrected chi connectivity index (χ2v) is 7.97. The first-order valence-corrected chi connectivity index (χ1v) is 8.57. The summed E-state index contributed by atoms with van der Waals surface area (Å²) in [5.41, 5.74) is -0.639. The van der Waals surface area contributed by atoms with Gasteiger partial charge in [-0.05, 0) is 51.5 Å². The van der Waals surface area contributed by atoms with E-state index in [1.54, 1.807) is 32.9 Å². The molecule has 0 spiro atoms. The van der Waals surface area contributed by atoms with E-state index in [0.29, 0.717) is 13.0 Å². The van der Waals surface area contributed by atoms with Crippen LogP contribution in [0.3, 0.4) is 0 Å². The maximum atomic E-state index is 13.0. The molecule has 1 fully saturated rings. The molecule has 0 unspecified atom stereocenters. The zero-order chi connectivity index (χ0) is 17.9. The quantitative estimate of drug-likeness (QED) is 0.777. The lowest BCUT2D eigenvalue weighted by Gasteiger charge is -2.27. The van der Waals surface area contributed by atoms with Crippen molar-refractivity contribution in [1.82, 2.24) is 4.90 Å². The van der Waals surface area contributed by atoms with Crippen LogP contribution in [0.1, 0.15) is 27.2 Å². The summed E-state index contributed by atoms with van der Waals surface area (Å²) < 4.78 is 23.2. The summed E-state index contributed by atoms with van der Waals surface area (Å²) in [6.07, 6.45) is -0.0615. The van der Waals surface area contributed by atoms with Crippen LogP contribution >= 0.6 is 11.8 Å². The molecule has 1 amide bonds. The predicted molar refractivity (Wildman–Crippen MR) is 89.4 cm³/mol. The molecule has 24 heavy (non-hydrogen) atoms. The second kappa shape index (κ2) is 7.42. The average Bonchev–Trinajstić information content (AvgIpc) is 2.91. The number of nitrogens with zero attached hydrogens (tertiary/aromatic N) is 1. The molecular weight excluding hydrogens is 333 g/mol. The highest BCUT2D eigenvalue weighted by atomic mass is 32.2. The molecule has 0 saturated carbocycles. The minimum atomic E-state index is -0.664. The molecule has 1 aromatic carbocycles. The number of amides is 1. The minimum absolute atomic E-state index is 0.00656. The third-order valence-electron chi connectivity index (χ3n) is 3.48. The summed E-state index contributed by atoms with van der Waals surface area (Å²) in [6.45, 7) is 5.70. The highest BCUT2D eigenvalue weighted by molar-refractivity contribution is 8.00. The number of ether oxygens (including phenoxy) is 2. The second-order valence-electron chi connectivity index (χ2n) is 6.60. The Hall–Kier alpha value is -1.76. The Morgan fingerprint density at radius 1 is 1.25 bits per heavy atom. The molecule has 0 aromatic heterocycles. The number of carbonyl (C=O) groups excluding carboxylic acids is 2. The van der Waals surface area contributed by atoms with Crippen molar-refractivity contribution in [3.63, 3.8) is 0 Å². The standard InChI is InChI=1S/C17H22FNO4S/c1-17(2,3)23-16(21)19-10-13(9-14(19)15(20)22-4)24-12-7-5-11(18)6-8-12/h5-8,13-14H,9-10H2,1-4H3/t13-,14+/m1/s1. The van der Waals surface area contributed by atoms with Crippen LogP contribution in [0.4, 0.5) is 9.18 Å². The average molecular weight is 355 g/mol. The molecule has 0 radical (unpaired) electrons. The van der Waals surface area contributed by atoms with E-state index >= 15 is 0 Å². The van der Waals surface area contributed by atoms with Gasteiger partial charge < -0.3 is 9.47 Å². The van der Waals surface area contributed by atoms with E-state index < -0.39 is 23.7 Å². The summed E-state index contributed by atoms with van der Waals surface area (Å²) in [5.74, 6) is -0.753. The van der Waals surface area contributed by atoms with Gasteiger partial charge in [0.05, 0.1) is 7.11 Å². The number of benzene rings is 1. The van der Waals surface area contributed by atoms with Crippen molar-refractivity contribution in [2.45, 2.75) is 49.0 Å². The smallest absolute Gasteiger partial charge is 0.411 e. The Morgan fingerprint density at radius 2 is 1.88 bits per heavy atom. The summed E-state index contributed by atoms with van der Waals surface area (Å²) >= 11 is 1.51. The van der Waals surface area contributed by atoms with Crippen molar-refractivity contribution in [2.24, 2.45) is 0 Å². The Labute approximate surface area is 145 Å². The van der Waals surface area contributed by atoms with Gasteiger partial charge in [0.25, 0.3) is 0 Å². The van der Waals surface area contributed by atoms with Gasteiger partial charge in [-0.3, -0.25) is 4.90 Å². The van der Waals surface area contributed by atoms with Gasteiger partial charge in [-0.25, -0.2) is 14.0 Å². The minimum Gasteiger partial charge on any atom is -0.467 e. The van der Waals surface area contributed by atoms with Crippen LogP contribution in [0, 0.1) is 5.82 Å². The zero-order valence-electron chi connectivity index (χ0n) is 14.2. The van der Waals surface area contributed by atoms with Gasteiger partial charge in [-0.2, -0.15) is 0 Å². The van der Waals surface area contributed by atoms with E-state index in [2.05, 4.69) is 0 Å². The van der Waals surface area contributed by atoms with Crippen LogP contribution in [-0.4, -0.2) is 47.5 Å². The highest BCUT2D eigenvalue weighted by Gasteiger charge is 2.42. The van der Waals surface area contributed by atoms with Crippen LogP contribution < -0.4 is 0 Å². The normalized spacial score (nSPS) is 20.8. The van der Waals surface area contributed by atoms with Crippen molar-refractivity contribution in [3.8, 4) is 0 Å². The fourth-order valence-corrected chi connectivity index (χ4v) is 3.66. The van der Waals surface area contributed by atoms with Gasteiger partial charge in [0.2, 0.25) is 0 Å². The summed E-state index contributed by atoms with van der Waals surface area (Å²) in [4.78, 5) is 26.7. The van der Waals surface area contributed by atoms with Crippen LogP contribution in [-0.2, 0) is 14.3 Å². The molecule has 2 rings (SSSR count). The molecule has 0 aliphatic carbocycles. The van der Waals surface area contributed by atoms with E-state index in [1.165, 1.54) is 35.9 Å². The lowest BCUT2D eigenvalue weighted by molar-refractivity contribution is -0.145. The molecule has 7 heteroatoms. The van der Waals surface area contributed by atoms with Crippen LogP contribution in [0.2, 0.25) is 0 Å². The van der Waals surface area contributed by atoms with Gasteiger partial charge in [-0.15, -0.1) is 11.8 Å². The van der Waals surface area contributed by atoms with Crippen LogP contribution in [0.15, 0.2) is 29.2 Å². The Bertz CT molecular complexity index is 600. The van der Waals surface area contributed by atoms with Crippen molar-refractivity contribution in [1.29, 1.82) is 0 Å². The first-order valence-electron chi connectivity index (χ1n) is 7.69. The SMILES string of the molecule is COC(=O)[C@@H]1C[C@@H](Sc2ccc(F)cc2)CN1C(=O)OC(C)(C)C. The summed E-state index contributed by atoms with van der Waals surface area (Å²) in [7, 11) is 1.30. The molecule has 2 atom stereocenters. The molecule has 0 bridgehead atoms. The largest absolute Gasteiger partial charge is 0.467 e. The Balaban J connectivity index is 2.09. The number of hydrogen-bond donors (Lipinski definition) is 0. The van der Waals surface area contributed by atoms with E-state index in [4.69, 9.17) is 9.47 Å². The summed E-state index contributed by atoms with van der Waals surface area (Å²) in [5, 5.41) is 0.00656. The zero-order valence-corrected chi connectivity index (χ0v) is 15.1. The molecule has 1 heterocycles.